The minimum Gasteiger partial charge on any atom is -0.377 e. The van der Waals surface area contributed by atoms with Gasteiger partial charge >= 0.3 is 0 Å². The molecule has 2 saturated heterocycles. The maximum atomic E-state index is 12.2. The predicted molar refractivity (Wildman–Crippen MR) is 124 cm³/mol. The third kappa shape index (κ3) is 6.98. The Labute approximate surface area is 187 Å². The molecule has 0 amide bonds. The fourth-order valence-electron chi connectivity index (χ4n) is 4.72. The van der Waals surface area contributed by atoms with Gasteiger partial charge in [-0.25, -0.2) is 13.1 Å². The van der Waals surface area contributed by atoms with Crippen LogP contribution in [0.5, 0.6) is 0 Å². The van der Waals surface area contributed by atoms with E-state index in [9.17, 15) is 8.42 Å². The number of rotatable bonds is 6. The van der Waals surface area contributed by atoms with Gasteiger partial charge in [0.15, 0.2) is 5.96 Å². The molecule has 0 aromatic rings. The van der Waals surface area contributed by atoms with Crippen LogP contribution in [0.15, 0.2) is 4.99 Å². The molecule has 3 rings (SSSR count). The molecule has 2 aliphatic heterocycles. The van der Waals surface area contributed by atoms with Crippen molar-refractivity contribution in [3.05, 3.63) is 0 Å². The molecule has 2 N–H and O–H groups in total. The summed E-state index contributed by atoms with van der Waals surface area (Å²) in [4.78, 5) is 6.69. The number of hydrogen-bond acceptors (Lipinski definition) is 4. The third-order valence-corrected chi connectivity index (χ3v) is 7.67. The molecule has 9 heteroatoms. The van der Waals surface area contributed by atoms with E-state index in [1.807, 2.05) is 0 Å². The number of nitrogens with one attached hydrogen (secondary N) is 2. The van der Waals surface area contributed by atoms with E-state index < -0.39 is 10.0 Å². The van der Waals surface area contributed by atoms with Crippen LogP contribution in [0, 0.1) is 5.41 Å². The first-order chi connectivity index (χ1) is 13.0. The molecule has 3 aliphatic rings. The molecule has 1 aliphatic carbocycles. The van der Waals surface area contributed by atoms with E-state index in [1.165, 1.54) is 38.5 Å². The van der Waals surface area contributed by atoms with Crippen molar-refractivity contribution in [3.63, 3.8) is 0 Å². The molecular formula is C19H37IN4O3S. The summed E-state index contributed by atoms with van der Waals surface area (Å²) in [7, 11) is -1.52. The quantitative estimate of drug-likeness (QED) is 0.314. The summed E-state index contributed by atoms with van der Waals surface area (Å²) in [5, 5.41) is 3.25. The van der Waals surface area contributed by atoms with Crippen molar-refractivity contribution in [3.8, 4) is 0 Å². The summed E-state index contributed by atoms with van der Waals surface area (Å²) in [6.07, 6.45) is 11.1. The average Bonchev–Trinajstić information content (AvgIpc) is 3.08. The molecule has 3 fully saturated rings. The van der Waals surface area contributed by atoms with Crippen molar-refractivity contribution in [1.82, 2.24) is 14.9 Å². The summed E-state index contributed by atoms with van der Waals surface area (Å²) in [5.41, 5.74) is 0.462. The second-order valence-corrected chi connectivity index (χ2v) is 10.3. The van der Waals surface area contributed by atoms with E-state index in [0.29, 0.717) is 18.5 Å². The zero-order chi connectivity index (χ0) is 19.2. The minimum atomic E-state index is -3.30. The highest BCUT2D eigenvalue weighted by Gasteiger charge is 2.39. The van der Waals surface area contributed by atoms with Gasteiger partial charge in [0, 0.05) is 39.8 Å². The number of halogens is 1. The summed E-state index contributed by atoms with van der Waals surface area (Å²) in [5.74, 6) is 0.890. The second-order valence-electron chi connectivity index (χ2n) is 8.36. The van der Waals surface area contributed by atoms with Gasteiger partial charge < -0.3 is 15.0 Å². The average molecular weight is 529 g/mol. The van der Waals surface area contributed by atoms with Crippen LogP contribution >= 0.6 is 24.0 Å². The van der Waals surface area contributed by atoms with Crippen LogP contribution in [0.2, 0.25) is 0 Å². The first-order valence-electron chi connectivity index (χ1n) is 10.6. The summed E-state index contributed by atoms with van der Waals surface area (Å²) in [6.45, 7) is 3.56. The lowest BCUT2D eigenvalue weighted by atomic mass is 9.73. The number of hydrogen-bond donors (Lipinski definition) is 2. The molecule has 164 valence electrons. The Kier molecular flexibility index (Phi) is 9.75. The highest BCUT2D eigenvalue weighted by Crippen LogP contribution is 2.43. The molecule has 28 heavy (non-hydrogen) atoms. The minimum absolute atomic E-state index is 0. The Balaban J connectivity index is 0.00000280. The Hall–Kier alpha value is -0.130. The van der Waals surface area contributed by atoms with Crippen LogP contribution in [0.3, 0.4) is 0 Å². The van der Waals surface area contributed by atoms with Crippen LogP contribution < -0.4 is 10.0 Å². The Morgan fingerprint density at radius 3 is 2.64 bits per heavy atom. The van der Waals surface area contributed by atoms with E-state index in [0.717, 1.165) is 44.9 Å². The lowest BCUT2D eigenvalue weighted by Crippen LogP contribution is -2.44. The molecule has 1 saturated carbocycles. The lowest BCUT2D eigenvalue weighted by molar-refractivity contribution is 0.0200. The molecule has 1 atom stereocenters. The molecule has 0 aromatic heterocycles. The zero-order valence-corrected chi connectivity index (χ0v) is 20.3. The van der Waals surface area contributed by atoms with Gasteiger partial charge in [0.2, 0.25) is 10.0 Å². The lowest BCUT2D eigenvalue weighted by Gasteiger charge is -2.33. The van der Waals surface area contributed by atoms with E-state index in [-0.39, 0.29) is 35.8 Å². The smallest absolute Gasteiger partial charge is 0.213 e. The van der Waals surface area contributed by atoms with Gasteiger partial charge in [0.25, 0.3) is 0 Å². The van der Waals surface area contributed by atoms with Crippen LogP contribution in [-0.4, -0.2) is 71.0 Å². The number of nitrogens with zero attached hydrogens (tertiary/aromatic N) is 2. The number of likely N-dealkylation sites (tertiary alicyclic amines) is 1. The van der Waals surface area contributed by atoms with Crippen molar-refractivity contribution in [1.29, 1.82) is 0 Å². The standard InChI is InChI=1S/C19H36N4O3S.HI/c1-20-18(23-12-10-19(16-23)8-4-2-5-9-19)21-11-14-27(24,25)22-15-17-7-3-6-13-26-17;/h17,22H,2-16H2,1H3,(H,20,21);1H. The number of guanidine groups is 1. The van der Waals surface area contributed by atoms with Crippen LogP contribution in [-0.2, 0) is 14.8 Å². The predicted octanol–water partition coefficient (Wildman–Crippen LogP) is 2.32. The monoisotopic (exact) mass is 528 g/mol. The molecule has 0 radical (unpaired) electrons. The van der Waals surface area contributed by atoms with Gasteiger partial charge in [0.1, 0.15) is 0 Å². The van der Waals surface area contributed by atoms with E-state index >= 15 is 0 Å². The van der Waals surface area contributed by atoms with Crippen molar-refractivity contribution >= 4 is 40.0 Å². The highest BCUT2D eigenvalue weighted by molar-refractivity contribution is 14.0. The number of ether oxygens (including phenoxy) is 1. The molecule has 1 spiro atoms. The van der Waals surface area contributed by atoms with E-state index in [1.54, 1.807) is 7.05 Å². The Bertz CT molecular complexity index is 602. The summed E-state index contributed by atoms with van der Waals surface area (Å²) >= 11 is 0. The van der Waals surface area contributed by atoms with Gasteiger partial charge in [-0.05, 0) is 43.9 Å². The molecular weight excluding hydrogens is 491 g/mol. The first-order valence-corrected chi connectivity index (χ1v) is 12.2. The fraction of sp³-hybridized carbons (Fsp3) is 0.947. The third-order valence-electron chi connectivity index (χ3n) is 6.32. The van der Waals surface area contributed by atoms with Gasteiger partial charge in [-0.2, -0.15) is 0 Å². The first kappa shape index (κ1) is 24.1. The summed E-state index contributed by atoms with van der Waals surface area (Å²) in [6, 6.07) is 0. The maximum absolute atomic E-state index is 12.2. The van der Waals surface area contributed by atoms with E-state index in [2.05, 4.69) is 19.9 Å². The highest BCUT2D eigenvalue weighted by atomic mass is 127. The molecule has 2 heterocycles. The van der Waals surface area contributed by atoms with Crippen molar-refractivity contribution in [2.75, 3.05) is 45.6 Å². The van der Waals surface area contributed by atoms with Crippen LogP contribution in [0.1, 0.15) is 57.8 Å². The Morgan fingerprint density at radius 1 is 1.18 bits per heavy atom. The molecule has 7 nitrogen and oxygen atoms in total. The fourth-order valence-corrected chi connectivity index (χ4v) is 5.67. The maximum Gasteiger partial charge on any atom is 0.213 e. The second kappa shape index (κ2) is 11.3. The van der Waals surface area contributed by atoms with Gasteiger partial charge in [0.05, 0.1) is 11.9 Å². The summed E-state index contributed by atoms with van der Waals surface area (Å²) < 4.78 is 32.8. The van der Waals surface area contributed by atoms with Crippen LogP contribution in [0.4, 0.5) is 0 Å². The van der Waals surface area contributed by atoms with Crippen molar-refractivity contribution < 1.29 is 13.2 Å². The van der Waals surface area contributed by atoms with Gasteiger partial charge in [-0.1, -0.05) is 19.3 Å². The van der Waals surface area contributed by atoms with Gasteiger partial charge in [-0.15, -0.1) is 24.0 Å². The van der Waals surface area contributed by atoms with Crippen molar-refractivity contribution in [2.45, 2.75) is 63.9 Å². The van der Waals surface area contributed by atoms with Gasteiger partial charge in [-0.3, -0.25) is 4.99 Å². The van der Waals surface area contributed by atoms with Crippen LogP contribution in [0.25, 0.3) is 0 Å². The molecule has 0 bridgehead atoms. The number of sulfonamides is 1. The molecule has 1 unspecified atom stereocenters. The number of aliphatic imine (C=N–C) groups is 1. The largest absolute Gasteiger partial charge is 0.377 e. The van der Waals surface area contributed by atoms with E-state index in [4.69, 9.17) is 4.74 Å². The van der Waals surface area contributed by atoms with Crippen molar-refractivity contribution in [2.24, 2.45) is 10.4 Å². The Morgan fingerprint density at radius 2 is 1.96 bits per heavy atom. The topological polar surface area (TPSA) is 83.0 Å². The normalized spacial score (nSPS) is 25.5. The molecule has 0 aromatic carbocycles. The zero-order valence-electron chi connectivity index (χ0n) is 17.1. The SMILES string of the molecule is CN=C(NCCS(=O)(=O)NCC1CCCCO1)N1CCC2(CCCCC2)C1.I.